The number of carbonyl (C=O) groups is 4. The van der Waals surface area contributed by atoms with Crippen molar-refractivity contribution in [3.63, 3.8) is 0 Å². The summed E-state index contributed by atoms with van der Waals surface area (Å²) in [5.74, 6) is -0.0852. The van der Waals surface area contributed by atoms with Crippen LogP contribution in [0, 0.1) is 5.92 Å². The standard InChI is InChI=1S/C36H44N4O7S/c1-21(2)17-29(33(37)41)39-35(43)30(20-48-19-28-31(45-4)15-10-16-32(28)46-5)40-34(42)22(3)38-36(44)47-18-27-25-13-8-6-11-23(25)24-12-7-9-14-26(24)27/h6-16,21-22,27,29-30H,17-20H2,1-5H3,(H2,37,41)(H,38,44)(H,39,43)(H,40,42)/t22-,29-,30-/m0/s1. The van der Waals surface area contributed by atoms with Gasteiger partial charge in [0.1, 0.15) is 36.2 Å². The molecule has 0 aromatic heterocycles. The van der Waals surface area contributed by atoms with Gasteiger partial charge in [0, 0.05) is 23.0 Å². The number of ether oxygens (including phenoxy) is 3. The molecule has 3 aromatic carbocycles. The number of carbonyl (C=O) groups excluding carboxylic acids is 4. The van der Waals surface area contributed by atoms with Crippen LogP contribution in [0.15, 0.2) is 66.7 Å². The maximum absolute atomic E-state index is 13.5. The third-order valence-corrected chi connectivity index (χ3v) is 9.19. The number of thioether (sulfide) groups is 1. The van der Waals surface area contributed by atoms with Gasteiger partial charge in [0.2, 0.25) is 17.7 Å². The van der Waals surface area contributed by atoms with Gasteiger partial charge in [-0.3, -0.25) is 14.4 Å². The number of rotatable bonds is 16. The molecule has 256 valence electrons. The van der Waals surface area contributed by atoms with Crippen molar-refractivity contribution in [2.45, 2.75) is 57.0 Å². The van der Waals surface area contributed by atoms with E-state index in [1.54, 1.807) is 14.2 Å². The van der Waals surface area contributed by atoms with Gasteiger partial charge in [-0.25, -0.2) is 4.79 Å². The summed E-state index contributed by atoms with van der Waals surface area (Å²) in [5, 5.41) is 8.00. The highest BCUT2D eigenvalue weighted by Gasteiger charge is 2.31. The largest absolute Gasteiger partial charge is 0.496 e. The number of nitrogens with two attached hydrogens (primary N) is 1. The third kappa shape index (κ3) is 9.00. The topological polar surface area (TPSA) is 158 Å². The molecule has 1 aliphatic carbocycles. The van der Waals surface area contributed by atoms with E-state index in [1.165, 1.54) is 18.7 Å². The zero-order valence-corrected chi connectivity index (χ0v) is 28.7. The maximum Gasteiger partial charge on any atom is 0.407 e. The highest BCUT2D eigenvalue weighted by Crippen LogP contribution is 2.44. The number of fused-ring (bicyclic) bond motifs is 3. The molecule has 5 N–H and O–H groups in total. The molecule has 0 saturated carbocycles. The predicted molar refractivity (Wildman–Crippen MR) is 186 cm³/mol. The van der Waals surface area contributed by atoms with Crippen LogP contribution in [0.1, 0.15) is 49.8 Å². The first kappa shape index (κ1) is 36.1. The number of benzene rings is 3. The third-order valence-electron chi connectivity index (χ3n) is 8.13. The molecular weight excluding hydrogens is 632 g/mol. The minimum absolute atomic E-state index is 0.0876. The summed E-state index contributed by atoms with van der Waals surface area (Å²) >= 11 is 1.37. The van der Waals surface area contributed by atoms with Crippen LogP contribution in [0.4, 0.5) is 4.79 Å². The fraction of sp³-hybridized carbons (Fsp3) is 0.389. The van der Waals surface area contributed by atoms with Gasteiger partial charge < -0.3 is 35.9 Å². The Labute approximate surface area is 285 Å². The number of methoxy groups -OCH3 is 2. The van der Waals surface area contributed by atoms with Crippen LogP contribution in [0.5, 0.6) is 11.5 Å². The molecule has 0 fully saturated rings. The van der Waals surface area contributed by atoms with Crippen LogP contribution in [0.2, 0.25) is 0 Å². The predicted octanol–water partition coefficient (Wildman–Crippen LogP) is 4.37. The van der Waals surface area contributed by atoms with Crippen LogP contribution >= 0.6 is 11.8 Å². The molecule has 0 aliphatic heterocycles. The lowest BCUT2D eigenvalue weighted by molar-refractivity contribution is -0.131. The molecule has 4 rings (SSSR count). The lowest BCUT2D eigenvalue weighted by atomic mass is 9.98. The second-order valence-electron chi connectivity index (χ2n) is 12.0. The Balaban J connectivity index is 1.40. The molecule has 4 amide bonds. The average Bonchev–Trinajstić information content (AvgIpc) is 3.39. The van der Waals surface area contributed by atoms with E-state index >= 15 is 0 Å². The van der Waals surface area contributed by atoms with Crippen LogP contribution in [0.3, 0.4) is 0 Å². The van der Waals surface area contributed by atoms with Crippen LogP contribution in [-0.4, -0.2) is 68.5 Å². The van der Waals surface area contributed by atoms with Crippen LogP contribution in [-0.2, 0) is 24.9 Å². The van der Waals surface area contributed by atoms with Gasteiger partial charge in [0.25, 0.3) is 0 Å². The molecule has 0 radical (unpaired) electrons. The molecular formula is C36H44N4O7S. The monoisotopic (exact) mass is 676 g/mol. The number of alkyl carbamates (subject to hydrolysis) is 1. The van der Waals surface area contributed by atoms with E-state index < -0.39 is 41.9 Å². The summed E-state index contributed by atoms with van der Waals surface area (Å²) in [6.45, 7) is 5.42. The summed E-state index contributed by atoms with van der Waals surface area (Å²) in [7, 11) is 3.12. The molecule has 48 heavy (non-hydrogen) atoms. The van der Waals surface area contributed by atoms with E-state index in [-0.39, 0.29) is 24.2 Å². The van der Waals surface area contributed by atoms with E-state index in [1.807, 2.05) is 80.6 Å². The van der Waals surface area contributed by atoms with Crippen molar-refractivity contribution in [1.82, 2.24) is 16.0 Å². The Kier molecular flexibility index (Phi) is 12.7. The van der Waals surface area contributed by atoms with Gasteiger partial charge in [-0.15, -0.1) is 0 Å². The summed E-state index contributed by atoms with van der Waals surface area (Å²) in [6.07, 6.45) is -0.420. The highest BCUT2D eigenvalue weighted by atomic mass is 32.2. The summed E-state index contributed by atoms with van der Waals surface area (Å²) in [6, 6.07) is 18.4. The minimum Gasteiger partial charge on any atom is -0.496 e. The Morgan fingerprint density at radius 2 is 1.33 bits per heavy atom. The Morgan fingerprint density at radius 3 is 1.88 bits per heavy atom. The molecule has 0 heterocycles. The second-order valence-corrected chi connectivity index (χ2v) is 13.0. The van der Waals surface area contributed by atoms with Crippen molar-refractivity contribution in [2.24, 2.45) is 11.7 Å². The van der Waals surface area contributed by atoms with Crippen LogP contribution < -0.4 is 31.2 Å². The molecule has 0 saturated heterocycles. The number of hydrogen-bond donors (Lipinski definition) is 4. The normalized spacial score (nSPS) is 13.8. The first-order chi connectivity index (χ1) is 23.0. The van der Waals surface area contributed by atoms with Gasteiger partial charge in [-0.1, -0.05) is 68.4 Å². The SMILES string of the molecule is COc1cccc(OC)c1CSC[C@H](NC(=O)[C@H](C)NC(=O)OCC1c2ccccc2-c2ccccc21)C(=O)N[C@@H](CC(C)C)C(N)=O. The lowest BCUT2D eigenvalue weighted by Gasteiger charge is -2.24. The molecule has 0 unspecified atom stereocenters. The average molecular weight is 677 g/mol. The number of primary amides is 1. The summed E-state index contributed by atoms with van der Waals surface area (Å²) < 4.78 is 16.6. The van der Waals surface area contributed by atoms with E-state index in [9.17, 15) is 19.2 Å². The lowest BCUT2D eigenvalue weighted by Crippen LogP contribution is -2.57. The fourth-order valence-corrected chi connectivity index (χ4v) is 6.78. The van der Waals surface area contributed by atoms with E-state index in [0.29, 0.717) is 23.7 Å². The molecule has 0 spiro atoms. The van der Waals surface area contributed by atoms with Crippen molar-refractivity contribution < 1.29 is 33.4 Å². The quantitative estimate of drug-likeness (QED) is 0.174. The number of nitrogens with one attached hydrogen (secondary N) is 3. The smallest absolute Gasteiger partial charge is 0.407 e. The van der Waals surface area contributed by atoms with E-state index in [4.69, 9.17) is 19.9 Å². The van der Waals surface area contributed by atoms with Gasteiger partial charge in [0.05, 0.1) is 14.2 Å². The second kappa shape index (κ2) is 16.9. The maximum atomic E-state index is 13.5. The molecule has 3 atom stereocenters. The number of hydrogen-bond acceptors (Lipinski definition) is 8. The van der Waals surface area contributed by atoms with Crippen molar-refractivity contribution in [3.05, 3.63) is 83.4 Å². The molecule has 11 nitrogen and oxygen atoms in total. The molecule has 3 aromatic rings. The zero-order valence-electron chi connectivity index (χ0n) is 27.9. The first-order valence-electron chi connectivity index (χ1n) is 15.8. The van der Waals surface area contributed by atoms with Crippen LogP contribution in [0.25, 0.3) is 11.1 Å². The van der Waals surface area contributed by atoms with Crippen molar-refractivity contribution in [1.29, 1.82) is 0 Å². The van der Waals surface area contributed by atoms with Gasteiger partial charge in [-0.2, -0.15) is 11.8 Å². The summed E-state index contributed by atoms with van der Waals surface area (Å²) in [4.78, 5) is 51.7. The molecule has 12 heteroatoms. The van der Waals surface area contributed by atoms with Gasteiger partial charge >= 0.3 is 6.09 Å². The molecule has 0 bridgehead atoms. The Morgan fingerprint density at radius 1 is 0.771 bits per heavy atom. The Hall–Kier alpha value is -4.71. The Bertz CT molecular complexity index is 1550. The van der Waals surface area contributed by atoms with Gasteiger partial charge in [0.15, 0.2) is 0 Å². The highest BCUT2D eigenvalue weighted by molar-refractivity contribution is 7.98. The van der Waals surface area contributed by atoms with Crippen molar-refractivity contribution in [3.8, 4) is 22.6 Å². The van der Waals surface area contributed by atoms with Crippen molar-refractivity contribution in [2.75, 3.05) is 26.6 Å². The fourth-order valence-electron chi connectivity index (χ4n) is 5.70. The summed E-state index contributed by atoms with van der Waals surface area (Å²) in [5.41, 5.74) is 10.7. The zero-order chi connectivity index (χ0) is 34.8. The van der Waals surface area contributed by atoms with Gasteiger partial charge in [-0.05, 0) is 53.6 Å². The first-order valence-corrected chi connectivity index (χ1v) is 17.0. The van der Waals surface area contributed by atoms with Crippen molar-refractivity contribution >= 4 is 35.6 Å². The minimum atomic E-state index is -1.05. The van der Waals surface area contributed by atoms with E-state index in [0.717, 1.165) is 27.8 Å². The molecule has 1 aliphatic rings. The number of amides is 4. The van der Waals surface area contributed by atoms with E-state index in [2.05, 4.69) is 16.0 Å².